The van der Waals surface area contributed by atoms with Gasteiger partial charge in [-0.1, -0.05) is 25.4 Å². The molecule has 0 aromatic carbocycles. The van der Waals surface area contributed by atoms with Crippen LogP contribution in [0.5, 0.6) is 0 Å². The predicted molar refractivity (Wildman–Crippen MR) is 74.8 cm³/mol. The van der Waals surface area contributed by atoms with Crippen molar-refractivity contribution >= 4 is 22.8 Å². The molecule has 2 aromatic rings. The maximum atomic E-state index is 6.05. The molecule has 0 saturated heterocycles. The van der Waals surface area contributed by atoms with Gasteiger partial charge in [0.15, 0.2) is 5.65 Å². The van der Waals surface area contributed by atoms with E-state index in [9.17, 15) is 0 Å². The van der Waals surface area contributed by atoms with E-state index < -0.39 is 0 Å². The molecule has 1 atom stereocenters. The Kier molecular flexibility index (Phi) is 4.19. The fraction of sp³-hybridized carbons (Fsp3) is 0.538. The number of hydrogen-bond acceptors (Lipinski definition) is 3. The van der Waals surface area contributed by atoms with Gasteiger partial charge < -0.3 is 10.3 Å². The molecule has 0 aliphatic rings. The maximum absolute atomic E-state index is 6.05. The monoisotopic (exact) mass is 266 g/mol. The Morgan fingerprint density at radius 3 is 2.89 bits per heavy atom. The standard InChI is InChI=1S/C13H19ClN4/c1-3-5-12-17-11-6-9(14)7-16-13(11)18(12)8-10(15)4-2/h6-7,10H,3-5,8,15H2,1-2H3. The minimum atomic E-state index is 0.135. The summed E-state index contributed by atoms with van der Waals surface area (Å²) in [6.45, 7) is 4.99. The second kappa shape index (κ2) is 5.67. The lowest BCUT2D eigenvalue weighted by atomic mass is 10.2. The number of imidazole rings is 1. The van der Waals surface area contributed by atoms with Gasteiger partial charge in [0.25, 0.3) is 0 Å². The molecule has 0 fully saturated rings. The van der Waals surface area contributed by atoms with Crippen LogP contribution in [0.25, 0.3) is 11.2 Å². The molecular weight excluding hydrogens is 248 g/mol. The Balaban J connectivity index is 2.48. The van der Waals surface area contributed by atoms with E-state index in [-0.39, 0.29) is 6.04 Å². The Morgan fingerprint density at radius 1 is 1.44 bits per heavy atom. The molecular formula is C13H19ClN4. The summed E-state index contributed by atoms with van der Waals surface area (Å²) in [7, 11) is 0. The van der Waals surface area contributed by atoms with Gasteiger partial charge in [0.1, 0.15) is 11.3 Å². The van der Waals surface area contributed by atoms with Gasteiger partial charge in [-0.2, -0.15) is 0 Å². The molecule has 2 aromatic heterocycles. The third-order valence-electron chi connectivity index (χ3n) is 3.05. The highest BCUT2D eigenvalue weighted by Gasteiger charge is 2.13. The second-order valence-corrected chi connectivity index (χ2v) is 4.99. The number of aryl methyl sites for hydroxylation is 1. The summed E-state index contributed by atoms with van der Waals surface area (Å²) in [6, 6.07) is 1.99. The average Bonchev–Trinajstić information content (AvgIpc) is 2.67. The van der Waals surface area contributed by atoms with Gasteiger partial charge in [0.05, 0.1) is 5.02 Å². The number of rotatable bonds is 5. The van der Waals surface area contributed by atoms with E-state index in [2.05, 4.69) is 28.4 Å². The van der Waals surface area contributed by atoms with Crippen LogP contribution in [-0.4, -0.2) is 20.6 Å². The van der Waals surface area contributed by atoms with Crippen molar-refractivity contribution in [2.75, 3.05) is 0 Å². The van der Waals surface area contributed by atoms with Crippen LogP contribution in [0.4, 0.5) is 0 Å². The highest BCUT2D eigenvalue weighted by Crippen LogP contribution is 2.19. The topological polar surface area (TPSA) is 56.7 Å². The van der Waals surface area contributed by atoms with Crippen molar-refractivity contribution in [1.29, 1.82) is 0 Å². The van der Waals surface area contributed by atoms with Crippen LogP contribution in [-0.2, 0) is 13.0 Å². The minimum Gasteiger partial charge on any atom is -0.326 e. The zero-order valence-electron chi connectivity index (χ0n) is 10.9. The number of nitrogens with zero attached hydrogens (tertiary/aromatic N) is 3. The highest BCUT2D eigenvalue weighted by atomic mass is 35.5. The molecule has 0 saturated carbocycles. The summed E-state index contributed by atoms with van der Waals surface area (Å²) < 4.78 is 2.13. The van der Waals surface area contributed by atoms with Gasteiger partial charge in [-0.25, -0.2) is 9.97 Å². The molecule has 4 nitrogen and oxygen atoms in total. The predicted octanol–water partition coefficient (Wildman–Crippen LogP) is 2.77. The summed E-state index contributed by atoms with van der Waals surface area (Å²) in [4.78, 5) is 8.99. The fourth-order valence-electron chi connectivity index (χ4n) is 2.00. The van der Waals surface area contributed by atoms with Crippen LogP contribution in [0, 0.1) is 0 Å². The van der Waals surface area contributed by atoms with Crippen LogP contribution >= 0.6 is 11.6 Å². The maximum Gasteiger partial charge on any atom is 0.160 e. The van der Waals surface area contributed by atoms with Crippen molar-refractivity contribution in [2.24, 2.45) is 5.73 Å². The summed E-state index contributed by atoms with van der Waals surface area (Å²) in [5, 5.41) is 0.620. The molecule has 0 amide bonds. The lowest BCUT2D eigenvalue weighted by molar-refractivity contribution is 0.528. The van der Waals surface area contributed by atoms with Crippen LogP contribution in [0.2, 0.25) is 5.02 Å². The number of halogens is 1. The first-order chi connectivity index (χ1) is 8.65. The lowest BCUT2D eigenvalue weighted by Crippen LogP contribution is -2.26. The van der Waals surface area contributed by atoms with E-state index in [0.717, 1.165) is 42.8 Å². The summed E-state index contributed by atoms with van der Waals surface area (Å²) >= 11 is 5.95. The Morgan fingerprint density at radius 2 is 2.22 bits per heavy atom. The van der Waals surface area contributed by atoms with Crippen molar-refractivity contribution in [2.45, 2.75) is 45.7 Å². The van der Waals surface area contributed by atoms with E-state index in [1.54, 1.807) is 6.20 Å². The smallest absolute Gasteiger partial charge is 0.160 e. The van der Waals surface area contributed by atoms with Gasteiger partial charge in [-0.15, -0.1) is 0 Å². The third kappa shape index (κ3) is 2.65. The second-order valence-electron chi connectivity index (χ2n) is 4.55. The largest absolute Gasteiger partial charge is 0.326 e. The quantitative estimate of drug-likeness (QED) is 0.905. The first-order valence-corrected chi connectivity index (χ1v) is 6.79. The third-order valence-corrected chi connectivity index (χ3v) is 3.25. The van der Waals surface area contributed by atoms with Crippen molar-refractivity contribution in [3.63, 3.8) is 0 Å². The highest BCUT2D eigenvalue weighted by molar-refractivity contribution is 6.31. The molecule has 1 unspecified atom stereocenters. The Labute approximate surface area is 112 Å². The molecule has 0 aliphatic heterocycles. The van der Waals surface area contributed by atoms with E-state index in [1.165, 1.54) is 0 Å². The lowest BCUT2D eigenvalue weighted by Gasteiger charge is -2.12. The van der Waals surface area contributed by atoms with E-state index in [4.69, 9.17) is 17.3 Å². The summed E-state index contributed by atoms with van der Waals surface area (Å²) in [5.41, 5.74) is 7.78. The summed E-state index contributed by atoms with van der Waals surface area (Å²) in [6.07, 6.45) is 4.59. The van der Waals surface area contributed by atoms with Crippen LogP contribution in [0.3, 0.4) is 0 Å². The van der Waals surface area contributed by atoms with E-state index in [1.807, 2.05) is 6.07 Å². The van der Waals surface area contributed by atoms with Crippen molar-refractivity contribution in [3.05, 3.63) is 23.1 Å². The van der Waals surface area contributed by atoms with Gasteiger partial charge in [0.2, 0.25) is 0 Å². The zero-order valence-corrected chi connectivity index (χ0v) is 11.6. The SMILES string of the molecule is CCCc1nc2cc(Cl)cnc2n1CC(N)CC. The van der Waals surface area contributed by atoms with Crippen molar-refractivity contribution < 1.29 is 0 Å². The molecule has 0 bridgehead atoms. The molecule has 2 N–H and O–H groups in total. The van der Waals surface area contributed by atoms with Crippen molar-refractivity contribution in [3.8, 4) is 0 Å². The number of pyridine rings is 1. The van der Waals surface area contributed by atoms with Crippen LogP contribution < -0.4 is 5.73 Å². The molecule has 0 spiro atoms. The van der Waals surface area contributed by atoms with Gasteiger partial charge in [-0.05, 0) is 18.9 Å². The van der Waals surface area contributed by atoms with E-state index >= 15 is 0 Å². The number of nitrogens with two attached hydrogens (primary N) is 1. The number of aromatic nitrogens is 3. The minimum absolute atomic E-state index is 0.135. The summed E-state index contributed by atoms with van der Waals surface area (Å²) in [5.74, 6) is 1.05. The molecule has 5 heteroatoms. The molecule has 98 valence electrons. The van der Waals surface area contributed by atoms with Gasteiger partial charge in [0, 0.05) is 25.2 Å². The van der Waals surface area contributed by atoms with E-state index in [0.29, 0.717) is 5.02 Å². The number of hydrogen-bond donors (Lipinski definition) is 1. The van der Waals surface area contributed by atoms with Crippen molar-refractivity contribution in [1.82, 2.24) is 14.5 Å². The molecule has 0 radical (unpaired) electrons. The normalized spacial score (nSPS) is 13.1. The number of fused-ring (bicyclic) bond motifs is 1. The molecule has 2 rings (SSSR count). The molecule has 0 aliphatic carbocycles. The Hall–Kier alpha value is -1.13. The first-order valence-electron chi connectivity index (χ1n) is 6.42. The molecule has 2 heterocycles. The van der Waals surface area contributed by atoms with Crippen LogP contribution in [0.15, 0.2) is 12.3 Å². The average molecular weight is 267 g/mol. The first kappa shape index (κ1) is 13.3. The van der Waals surface area contributed by atoms with Crippen LogP contribution in [0.1, 0.15) is 32.5 Å². The molecule has 18 heavy (non-hydrogen) atoms. The fourth-order valence-corrected chi connectivity index (χ4v) is 2.16. The van der Waals surface area contributed by atoms with Gasteiger partial charge >= 0.3 is 0 Å². The zero-order chi connectivity index (χ0) is 13.1. The Bertz CT molecular complexity index is 535. The van der Waals surface area contributed by atoms with Gasteiger partial charge in [-0.3, -0.25) is 0 Å².